The number of benzene rings is 1. The molecule has 1 saturated carbocycles. The molecular formula is C22H21N5O2S. The molecule has 30 heavy (non-hydrogen) atoms. The van der Waals surface area contributed by atoms with Crippen molar-refractivity contribution in [2.75, 3.05) is 6.54 Å². The first-order chi connectivity index (χ1) is 14.7. The summed E-state index contributed by atoms with van der Waals surface area (Å²) < 4.78 is 7.06. The van der Waals surface area contributed by atoms with Crippen LogP contribution in [-0.2, 0) is 6.42 Å². The normalized spacial score (nSPS) is 13.5. The Kier molecular flexibility index (Phi) is 4.92. The second-order valence-corrected chi connectivity index (χ2v) is 8.47. The molecule has 0 radical (unpaired) electrons. The van der Waals surface area contributed by atoms with Gasteiger partial charge in [-0.15, -0.1) is 11.3 Å². The second kappa shape index (κ2) is 7.87. The summed E-state index contributed by atoms with van der Waals surface area (Å²) in [5.74, 6) is 1.66. The Hall–Kier alpha value is -3.26. The molecule has 1 amide bonds. The lowest BCUT2D eigenvalue weighted by Gasteiger charge is -2.03. The van der Waals surface area contributed by atoms with E-state index in [2.05, 4.69) is 26.6 Å². The van der Waals surface area contributed by atoms with Crippen LogP contribution >= 0.6 is 11.3 Å². The molecule has 0 atom stereocenters. The van der Waals surface area contributed by atoms with Crippen LogP contribution in [0.1, 0.15) is 45.6 Å². The van der Waals surface area contributed by atoms with E-state index in [-0.39, 0.29) is 5.91 Å². The third kappa shape index (κ3) is 3.91. The molecule has 4 aromatic rings. The van der Waals surface area contributed by atoms with Gasteiger partial charge in [0.1, 0.15) is 0 Å². The van der Waals surface area contributed by atoms with Crippen molar-refractivity contribution in [3.05, 3.63) is 70.0 Å². The average molecular weight is 420 g/mol. The number of carbonyl (C=O) groups excluding carboxylic acids is 1. The number of carbonyl (C=O) groups is 1. The maximum absolute atomic E-state index is 12.6. The Labute approximate surface area is 177 Å². The van der Waals surface area contributed by atoms with Gasteiger partial charge in [0.2, 0.25) is 11.7 Å². The van der Waals surface area contributed by atoms with Gasteiger partial charge in [0, 0.05) is 29.1 Å². The van der Waals surface area contributed by atoms with E-state index in [0.717, 1.165) is 36.4 Å². The molecule has 152 valence electrons. The van der Waals surface area contributed by atoms with Crippen LogP contribution in [0.3, 0.4) is 0 Å². The highest BCUT2D eigenvalue weighted by Crippen LogP contribution is 2.39. The Morgan fingerprint density at radius 2 is 2.10 bits per heavy atom. The minimum absolute atomic E-state index is 0.105. The molecule has 1 aliphatic carbocycles. The first-order valence-electron chi connectivity index (χ1n) is 9.98. The van der Waals surface area contributed by atoms with Crippen LogP contribution in [0.2, 0.25) is 0 Å². The van der Waals surface area contributed by atoms with Gasteiger partial charge < -0.3 is 9.84 Å². The van der Waals surface area contributed by atoms with Crippen LogP contribution in [0.25, 0.3) is 17.1 Å². The standard InChI is InChI=1S/C22H21N5O2S/c1-14-19(21(28)23-11-10-18-3-2-12-30-18)13-27(25-14)17-8-6-15(7-9-17)20-24-22(29-26-20)16-4-5-16/h2-3,6-9,12-13,16H,4-5,10-11H2,1H3,(H,23,28). The highest BCUT2D eigenvalue weighted by Gasteiger charge is 2.29. The van der Waals surface area contributed by atoms with Gasteiger partial charge in [0.25, 0.3) is 5.91 Å². The van der Waals surface area contributed by atoms with Gasteiger partial charge in [-0.05, 0) is 61.9 Å². The molecule has 1 aliphatic rings. The monoisotopic (exact) mass is 419 g/mol. The molecule has 0 spiro atoms. The summed E-state index contributed by atoms with van der Waals surface area (Å²) in [6.07, 6.45) is 4.85. The van der Waals surface area contributed by atoms with Crippen LogP contribution in [0, 0.1) is 6.92 Å². The number of aryl methyl sites for hydroxylation is 1. The number of nitrogens with zero attached hydrogens (tertiary/aromatic N) is 4. The molecule has 1 fully saturated rings. The van der Waals surface area contributed by atoms with Gasteiger partial charge in [0.15, 0.2) is 0 Å². The third-order valence-corrected chi connectivity index (χ3v) is 6.08. The molecule has 1 aromatic carbocycles. The van der Waals surface area contributed by atoms with E-state index in [4.69, 9.17) is 4.52 Å². The molecule has 3 aromatic heterocycles. The van der Waals surface area contributed by atoms with Gasteiger partial charge in [-0.3, -0.25) is 4.79 Å². The van der Waals surface area contributed by atoms with E-state index in [1.54, 1.807) is 22.2 Å². The Morgan fingerprint density at radius 3 is 2.83 bits per heavy atom. The highest BCUT2D eigenvalue weighted by molar-refractivity contribution is 7.09. The number of amides is 1. The fourth-order valence-electron chi connectivity index (χ4n) is 3.28. The zero-order chi connectivity index (χ0) is 20.5. The number of nitrogens with one attached hydrogen (secondary N) is 1. The zero-order valence-electron chi connectivity index (χ0n) is 16.5. The molecular weight excluding hydrogens is 398 g/mol. The van der Waals surface area contributed by atoms with Gasteiger partial charge in [-0.2, -0.15) is 10.1 Å². The first-order valence-corrected chi connectivity index (χ1v) is 10.9. The van der Waals surface area contributed by atoms with Crippen molar-refractivity contribution >= 4 is 17.2 Å². The van der Waals surface area contributed by atoms with Crippen molar-refractivity contribution in [1.29, 1.82) is 0 Å². The summed E-state index contributed by atoms with van der Waals surface area (Å²) >= 11 is 1.70. The number of hydrogen-bond acceptors (Lipinski definition) is 6. The lowest BCUT2D eigenvalue weighted by atomic mass is 10.2. The summed E-state index contributed by atoms with van der Waals surface area (Å²) in [5, 5.41) is 13.6. The van der Waals surface area contributed by atoms with Crippen molar-refractivity contribution in [1.82, 2.24) is 25.2 Å². The molecule has 0 aliphatic heterocycles. The Bertz CT molecular complexity index is 1160. The number of rotatable bonds is 7. The molecule has 0 unspecified atom stereocenters. The molecule has 0 bridgehead atoms. The molecule has 3 heterocycles. The Morgan fingerprint density at radius 1 is 1.27 bits per heavy atom. The van der Waals surface area contributed by atoms with E-state index < -0.39 is 0 Å². The van der Waals surface area contributed by atoms with Crippen LogP contribution in [0.4, 0.5) is 0 Å². The van der Waals surface area contributed by atoms with Crippen LogP contribution in [-0.4, -0.2) is 32.4 Å². The van der Waals surface area contributed by atoms with Gasteiger partial charge in [0.05, 0.1) is 16.9 Å². The highest BCUT2D eigenvalue weighted by atomic mass is 32.1. The lowest BCUT2D eigenvalue weighted by molar-refractivity contribution is 0.0953. The van der Waals surface area contributed by atoms with Crippen molar-refractivity contribution in [3.63, 3.8) is 0 Å². The van der Waals surface area contributed by atoms with Crippen molar-refractivity contribution in [2.24, 2.45) is 0 Å². The van der Waals surface area contributed by atoms with E-state index in [0.29, 0.717) is 29.5 Å². The predicted octanol–water partition coefficient (Wildman–Crippen LogP) is 4.14. The molecule has 7 nitrogen and oxygen atoms in total. The largest absolute Gasteiger partial charge is 0.352 e. The number of hydrogen-bond donors (Lipinski definition) is 1. The fourth-order valence-corrected chi connectivity index (χ4v) is 3.99. The topological polar surface area (TPSA) is 85.8 Å². The maximum Gasteiger partial charge on any atom is 0.254 e. The molecule has 1 N–H and O–H groups in total. The summed E-state index contributed by atoms with van der Waals surface area (Å²) in [5.41, 5.74) is 3.03. The first kappa shape index (κ1) is 18.7. The van der Waals surface area contributed by atoms with Gasteiger partial charge >= 0.3 is 0 Å². The molecule has 0 saturated heterocycles. The summed E-state index contributed by atoms with van der Waals surface area (Å²) in [4.78, 5) is 18.3. The number of thiophene rings is 1. The quantitative estimate of drug-likeness (QED) is 0.486. The van der Waals surface area contributed by atoms with E-state index in [1.165, 1.54) is 4.88 Å². The van der Waals surface area contributed by atoms with E-state index in [9.17, 15) is 4.79 Å². The summed E-state index contributed by atoms with van der Waals surface area (Å²) in [6.45, 7) is 2.45. The summed E-state index contributed by atoms with van der Waals surface area (Å²) in [7, 11) is 0. The van der Waals surface area contributed by atoms with E-state index in [1.807, 2.05) is 42.6 Å². The van der Waals surface area contributed by atoms with Crippen LogP contribution in [0.15, 0.2) is 52.5 Å². The average Bonchev–Trinajstić information content (AvgIpc) is 3.15. The van der Waals surface area contributed by atoms with Crippen molar-refractivity contribution in [2.45, 2.75) is 32.1 Å². The van der Waals surface area contributed by atoms with Crippen molar-refractivity contribution < 1.29 is 9.32 Å². The predicted molar refractivity (Wildman–Crippen MR) is 114 cm³/mol. The van der Waals surface area contributed by atoms with Crippen LogP contribution < -0.4 is 5.32 Å². The molecule has 5 rings (SSSR count). The zero-order valence-corrected chi connectivity index (χ0v) is 17.4. The summed E-state index contributed by atoms with van der Waals surface area (Å²) in [6, 6.07) is 11.8. The maximum atomic E-state index is 12.6. The SMILES string of the molecule is Cc1nn(-c2ccc(-c3noc(C4CC4)n3)cc2)cc1C(=O)NCCc1cccs1. The fraction of sp³-hybridized carbons (Fsp3) is 0.273. The minimum Gasteiger partial charge on any atom is -0.352 e. The smallest absolute Gasteiger partial charge is 0.254 e. The third-order valence-electron chi connectivity index (χ3n) is 5.14. The number of aromatic nitrogens is 4. The lowest BCUT2D eigenvalue weighted by Crippen LogP contribution is -2.25. The second-order valence-electron chi connectivity index (χ2n) is 7.44. The Balaban J connectivity index is 1.26. The minimum atomic E-state index is -0.105. The van der Waals surface area contributed by atoms with Gasteiger partial charge in [-0.1, -0.05) is 11.2 Å². The van der Waals surface area contributed by atoms with E-state index >= 15 is 0 Å². The van der Waals surface area contributed by atoms with Crippen molar-refractivity contribution in [3.8, 4) is 17.1 Å². The van der Waals surface area contributed by atoms with Gasteiger partial charge in [-0.25, -0.2) is 4.68 Å². The molecule has 8 heteroatoms. The van der Waals surface area contributed by atoms with Crippen LogP contribution in [0.5, 0.6) is 0 Å².